The average molecular weight is 255 g/mol. The lowest BCUT2D eigenvalue weighted by Gasteiger charge is -2.10. The number of nitrogens with one attached hydrogen (secondary N) is 1. The van der Waals surface area contributed by atoms with E-state index < -0.39 is 6.04 Å². The first-order valence-electron chi connectivity index (χ1n) is 4.72. The van der Waals surface area contributed by atoms with Gasteiger partial charge in [-0.25, -0.2) is 0 Å². The number of thioether (sulfide) groups is 1. The van der Waals surface area contributed by atoms with Crippen molar-refractivity contribution in [1.82, 2.24) is 0 Å². The van der Waals surface area contributed by atoms with Crippen molar-refractivity contribution >= 4 is 34.0 Å². The molecule has 1 aromatic heterocycles. The number of nitrogens with zero attached hydrogens (tertiary/aromatic N) is 1. The molecule has 1 aromatic rings. The van der Waals surface area contributed by atoms with Gasteiger partial charge in [-0.1, -0.05) is 0 Å². The maximum atomic E-state index is 11.6. The van der Waals surface area contributed by atoms with E-state index in [4.69, 9.17) is 11.0 Å². The molecule has 0 unspecified atom stereocenters. The van der Waals surface area contributed by atoms with Crippen molar-refractivity contribution in [2.45, 2.75) is 12.5 Å². The van der Waals surface area contributed by atoms with Crippen molar-refractivity contribution in [3.63, 3.8) is 0 Å². The zero-order valence-electron chi connectivity index (χ0n) is 8.90. The van der Waals surface area contributed by atoms with Crippen LogP contribution in [0.3, 0.4) is 0 Å². The fourth-order valence-corrected chi connectivity index (χ4v) is 2.30. The van der Waals surface area contributed by atoms with E-state index in [1.807, 2.05) is 12.3 Å². The fourth-order valence-electron chi connectivity index (χ4n) is 1.07. The minimum atomic E-state index is -0.513. The Morgan fingerprint density at radius 3 is 3.19 bits per heavy atom. The van der Waals surface area contributed by atoms with Gasteiger partial charge in [0.2, 0.25) is 5.91 Å². The van der Waals surface area contributed by atoms with Crippen LogP contribution < -0.4 is 11.1 Å². The minimum absolute atomic E-state index is 0.229. The summed E-state index contributed by atoms with van der Waals surface area (Å²) in [5.41, 5.74) is 6.19. The lowest BCUT2D eigenvalue weighted by Crippen LogP contribution is -2.36. The molecule has 0 saturated carbocycles. The summed E-state index contributed by atoms with van der Waals surface area (Å²) < 4.78 is 0. The van der Waals surface area contributed by atoms with Gasteiger partial charge in [0.05, 0.1) is 11.6 Å². The summed E-state index contributed by atoms with van der Waals surface area (Å²) in [7, 11) is 0. The molecule has 86 valence electrons. The van der Waals surface area contributed by atoms with Crippen LogP contribution >= 0.6 is 23.1 Å². The minimum Gasteiger partial charge on any atom is -0.320 e. The van der Waals surface area contributed by atoms with Crippen molar-refractivity contribution in [2.75, 3.05) is 17.3 Å². The Kier molecular flexibility index (Phi) is 5.32. The zero-order chi connectivity index (χ0) is 12.0. The molecule has 0 radical (unpaired) electrons. The highest BCUT2D eigenvalue weighted by Crippen LogP contribution is 2.22. The van der Waals surface area contributed by atoms with Gasteiger partial charge < -0.3 is 11.1 Å². The first-order valence-corrected chi connectivity index (χ1v) is 6.99. The Bertz CT molecular complexity index is 397. The summed E-state index contributed by atoms with van der Waals surface area (Å²) in [5, 5.41) is 13.8. The lowest BCUT2D eigenvalue weighted by atomic mass is 10.2. The van der Waals surface area contributed by atoms with Crippen LogP contribution in [0.2, 0.25) is 0 Å². The van der Waals surface area contributed by atoms with E-state index in [0.29, 0.717) is 17.0 Å². The van der Waals surface area contributed by atoms with E-state index in [1.54, 1.807) is 23.2 Å². The Morgan fingerprint density at radius 2 is 2.56 bits per heavy atom. The Balaban J connectivity index is 2.54. The molecule has 1 amide bonds. The summed E-state index contributed by atoms with van der Waals surface area (Å²) in [6, 6.07) is 3.18. The number of amides is 1. The van der Waals surface area contributed by atoms with Gasteiger partial charge in [0, 0.05) is 0 Å². The smallest absolute Gasteiger partial charge is 0.241 e. The van der Waals surface area contributed by atoms with E-state index in [9.17, 15) is 4.79 Å². The summed E-state index contributed by atoms with van der Waals surface area (Å²) in [6.45, 7) is 0. The third-order valence-electron chi connectivity index (χ3n) is 1.99. The van der Waals surface area contributed by atoms with E-state index in [2.05, 4.69) is 5.32 Å². The molecule has 1 rings (SSSR count). The van der Waals surface area contributed by atoms with Gasteiger partial charge in [-0.15, -0.1) is 11.3 Å². The molecule has 1 heterocycles. The molecule has 0 aliphatic rings. The molecule has 0 aliphatic heterocycles. The third kappa shape index (κ3) is 3.52. The fraction of sp³-hybridized carbons (Fsp3) is 0.400. The lowest BCUT2D eigenvalue weighted by molar-refractivity contribution is -0.117. The molecule has 0 aliphatic carbocycles. The molecule has 0 fully saturated rings. The Hall–Kier alpha value is -1.03. The second-order valence-electron chi connectivity index (χ2n) is 3.15. The number of hydrogen-bond donors (Lipinski definition) is 2. The van der Waals surface area contributed by atoms with Crippen LogP contribution in [0, 0.1) is 11.3 Å². The molecule has 16 heavy (non-hydrogen) atoms. The van der Waals surface area contributed by atoms with E-state index in [1.165, 1.54) is 11.3 Å². The van der Waals surface area contributed by atoms with Crippen LogP contribution in [-0.4, -0.2) is 24.0 Å². The number of hydrogen-bond acceptors (Lipinski definition) is 5. The molecule has 0 aromatic carbocycles. The number of nitriles is 1. The van der Waals surface area contributed by atoms with Gasteiger partial charge in [0.15, 0.2) is 0 Å². The summed E-state index contributed by atoms with van der Waals surface area (Å²) >= 11 is 2.98. The SMILES string of the molecule is CSCC[C@@H](N)C(=O)Nc1sccc1C#N. The zero-order valence-corrected chi connectivity index (χ0v) is 10.5. The molecule has 0 spiro atoms. The molecule has 6 heteroatoms. The topological polar surface area (TPSA) is 78.9 Å². The quantitative estimate of drug-likeness (QED) is 0.838. The van der Waals surface area contributed by atoms with Crippen LogP contribution in [0.1, 0.15) is 12.0 Å². The van der Waals surface area contributed by atoms with Crippen molar-refractivity contribution in [1.29, 1.82) is 5.26 Å². The molecule has 3 N–H and O–H groups in total. The first kappa shape index (κ1) is 13.0. The summed E-state index contributed by atoms with van der Waals surface area (Å²) in [4.78, 5) is 11.6. The van der Waals surface area contributed by atoms with Crippen LogP contribution in [-0.2, 0) is 4.79 Å². The van der Waals surface area contributed by atoms with Gasteiger partial charge in [0.1, 0.15) is 11.1 Å². The van der Waals surface area contributed by atoms with Crippen molar-refractivity contribution in [3.8, 4) is 6.07 Å². The van der Waals surface area contributed by atoms with Gasteiger partial charge in [-0.2, -0.15) is 17.0 Å². The average Bonchev–Trinajstić information content (AvgIpc) is 2.72. The second kappa shape index (κ2) is 6.53. The predicted octanol–water partition coefficient (Wildman–Crippen LogP) is 1.64. The van der Waals surface area contributed by atoms with Crippen LogP contribution in [0.5, 0.6) is 0 Å². The predicted molar refractivity (Wildman–Crippen MR) is 68.6 cm³/mol. The summed E-state index contributed by atoms with van der Waals surface area (Å²) in [6.07, 6.45) is 2.61. The third-order valence-corrected chi connectivity index (χ3v) is 3.47. The van der Waals surface area contributed by atoms with Gasteiger partial charge in [0.25, 0.3) is 0 Å². The van der Waals surface area contributed by atoms with Crippen LogP contribution in [0.25, 0.3) is 0 Å². The Morgan fingerprint density at radius 1 is 1.81 bits per heavy atom. The monoisotopic (exact) mass is 255 g/mol. The molecule has 4 nitrogen and oxygen atoms in total. The highest BCUT2D eigenvalue weighted by molar-refractivity contribution is 7.98. The summed E-state index contributed by atoms with van der Waals surface area (Å²) in [5.74, 6) is 0.623. The molecular weight excluding hydrogens is 242 g/mol. The van der Waals surface area contributed by atoms with Crippen molar-refractivity contribution < 1.29 is 4.79 Å². The second-order valence-corrected chi connectivity index (χ2v) is 5.05. The number of nitrogens with two attached hydrogens (primary N) is 1. The molecule has 0 bridgehead atoms. The number of carbonyl (C=O) groups is 1. The van der Waals surface area contributed by atoms with E-state index in [0.717, 1.165) is 5.75 Å². The van der Waals surface area contributed by atoms with Crippen molar-refractivity contribution in [2.24, 2.45) is 5.73 Å². The first-order chi connectivity index (χ1) is 7.69. The highest BCUT2D eigenvalue weighted by atomic mass is 32.2. The number of rotatable bonds is 5. The maximum Gasteiger partial charge on any atom is 0.241 e. The highest BCUT2D eigenvalue weighted by Gasteiger charge is 2.15. The van der Waals surface area contributed by atoms with Gasteiger partial charge >= 0.3 is 0 Å². The standard InChI is InChI=1S/C10H13N3OS2/c1-15-4-3-8(12)9(14)13-10-7(6-11)2-5-16-10/h2,5,8H,3-4,12H2,1H3,(H,13,14)/t8-/m1/s1. The normalized spacial score (nSPS) is 11.8. The van der Waals surface area contributed by atoms with Gasteiger partial charge in [-0.3, -0.25) is 4.79 Å². The van der Waals surface area contributed by atoms with Crippen LogP contribution in [0.15, 0.2) is 11.4 Å². The maximum absolute atomic E-state index is 11.6. The molecule has 0 saturated heterocycles. The molecule has 1 atom stereocenters. The number of carbonyl (C=O) groups excluding carboxylic acids is 1. The number of anilines is 1. The van der Waals surface area contributed by atoms with E-state index in [-0.39, 0.29) is 5.91 Å². The molecular formula is C10H13N3OS2. The van der Waals surface area contributed by atoms with Crippen molar-refractivity contribution in [3.05, 3.63) is 17.0 Å². The van der Waals surface area contributed by atoms with Gasteiger partial charge in [-0.05, 0) is 29.9 Å². The van der Waals surface area contributed by atoms with Crippen LogP contribution in [0.4, 0.5) is 5.00 Å². The number of thiophene rings is 1. The Labute approximate surface area is 103 Å². The largest absolute Gasteiger partial charge is 0.320 e. The van der Waals surface area contributed by atoms with E-state index >= 15 is 0 Å².